The summed E-state index contributed by atoms with van der Waals surface area (Å²) < 4.78 is 14.8. The van der Waals surface area contributed by atoms with E-state index in [0.29, 0.717) is 12.1 Å². The summed E-state index contributed by atoms with van der Waals surface area (Å²) in [7, 11) is 3.32. The highest BCUT2D eigenvalue weighted by molar-refractivity contribution is 5.90. The molecule has 2 heterocycles. The number of aliphatic hydroxyl groups excluding tert-OH is 1. The van der Waals surface area contributed by atoms with Gasteiger partial charge in [0, 0.05) is 20.0 Å². The van der Waals surface area contributed by atoms with E-state index in [-0.39, 0.29) is 36.6 Å². The van der Waals surface area contributed by atoms with E-state index in [1.165, 1.54) is 28.8 Å². The van der Waals surface area contributed by atoms with Crippen LogP contribution in [0.2, 0.25) is 0 Å². The molecule has 9 nitrogen and oxygen atoms in total. The van der Waals surface area contributed by atoms with Gasteiger partial charge in [0.15, 0.2) is 0 Å². The Morgan fingerprint density at radius 1 is 1.24 bits per heavy atom. The minimum Gasteiger partial charge on any atom is -0.391 e. The van der Waals surface area contributed by atoms with Gasteiger partial charge in [-0.1, -0.05) is 38.1 Å². The van der Waals surface area contributed by atoms with E-state index in [1.54, 1.807) is 25.4 Å². The van der Waals surface area contributed by atoms with Crippen molar-refractivity contribution in [1.29, 1.82) is 0 Å². The number of carbonyl (C=O) groups excluding carboxylic acids is 2. The summed E-state index contributed by atoms with van der Waals surface area (Å²) >= 11 is 0. The predicted octanol–water partition coefficient (Wildman–Crippen LogP) is 1.22. The summed E-state index contributed by atoms with van der Waals surface area (Å²) in [5.74, 6) is -0.885. The lowest BCUT2D eigenvalue weighted by Crippen LogP contribution is -2.49. The maximum atomic E-state index is 13.6. The van der Waals surface area contributed by atoms with Crippen LogP contribution in [0.4, 0.5) is 4.39 Å². The molecule has 0 bridgehead atoms. The Balaban J connectivity index is 1.87. The van der Waals surface area contributed by atoms with Crippen molar-refractivity contribution in [3.8, 4) is 0 Å². The van der Waals surface area contributed by atoms with Crippen molar-refractivity contribution >= 4 is 11.8 Å². The number of hydrogen-bond acceptors (Lipinski definition) is 6. The van der Waals surface area contributed by atoms with Gasteiger partial charge in [-0.3, -0.25) is 9.59 Å². The lowest BCUT2D eigenvalue weighted by molar-refractivity contribution is -0.144. The number of nitrogens with zero attached hydrogens (tertiary/aromatic N) is 4. The molecule has 0 spiro atoms. The van der Waals surface area contributed by atoms with Crippen molar-refractivity contribution in [1.82, 2.24) is 30.5 Å². The molecular formula is C23H33FN6O3. The molecule has 1 aromatic heterocycles. The van der Waals surface area contributed by atoms with Crippen molar-refractivity contribution in [3.63, 3.8) is 0 Å². The Morgan fingerprint density at radius 2 is 1.91 bits per heavy atom. The molecule has 180 valence electrons. The molecule has 0 radical (unpaired) electrons. The van der Waals surface area contributed by atoms with E-state index in [9.17, 15) is 19.1 Å². The highest BCUT2D eigenvalue weighted by atomic mass is 19.1. The van der Waals surface area contributed by atoms with Gasteiger partial charge in [0.05, 0.1) is 24.0 Å². The number of benzene rings is 1. The van der Waals surface area contributed by atoms with Crippen LogP contribution in [0, 0.1) is 11.2 Å². The smallest absolute Gasteiger partial charge is 0.248 e. The van der Waals surface area contributed by atoms with Gasteiger partial charge in [-0.2, -0.15) is 0 Å². The second-order valence-electron chi connectivity index (χ2n) is 9.57. The van der Waals surface area contributed by atoms with Gasteiger partial charge >= 0.3 is 0 Å². The average molecular weight is 461 g/mol. The number of likely N-dealkylation sites (N-methyl/N-ethyl adjacent to an activating group) is 2. The van der Waals surface area contributed by atoms with Crippen molar-refractivity contribution < 1.29 is 19.1 Å². The molecule has 0 aliphatic carbocycles. The van der Waals surface area contributed by atoms with Gasteiger partial charge in [0.25, 0.3) is 0 Å². The number of amides is 2. The van der Waals surface area contributed by atoms with E-state index in [1.807, 2.05) is 20.8 Å². The summed E-state index contributed by atoms with van der Waals surface area (Å²) in [6, 6.07) is 4.65. The van der Waals surface area contributed by atoms with E-state index >= 15 is 0 Å². The molecule has 10 heteroatoms. The second-order valence-corrected chi connectivity index (χ2v) is 9.57. The summed E-state index contributed by atoms with van der Waals surface area (Å²) in [5.41, 5.74) is 1.05. The normalized spacial score (nSPS) is 20.5. The maximum absolute atomic E-state index is 13.6. The van der Waals surface area contributed by atoms with E-state index in [2.05, 4.69) is 20.9 Å². The van der Waals surface area contributed by atoms with Crippen LogP contribution >= 0.6 is 0 Å². The Kier molecular flexibility index (Phi) is 7.48. The molecule has 33 heavy (non-hydrogen) atoms. The first kappa shape index (κ1) is 24.8. The monoisotopic (exact) mass is 460 g/mol. The van der Waals surface area contributed by atoms with E-state index in [4.69, 9.17) is 0 Å². The zero-order valence-electron chi connectivity index (χ0n) is 19.7. The van der Waals surface area contributed by atoms with Crippen molar-refractivity contribution in [2.75, 3.05) is 20.6 Å². The number of aliphatic hydroxyl groups is 1. The molecule has 1 aliphatic rings. The predicted molar refractivity (Wildman–Crippen MR) is 121 cm³/mol. The Hall–Kier alpha value is -2.85. The van der Waals surface area contributed by atoms with Crippen LogP contribution in [0.1, 0.15) is 50.5 Å². The number of nitrogens with one attached hydrogen (secondary N) is 2. The van der Waals surface area contributed by atoms with Crippen molar-refractivity contribution in [2.45, 2.75) is 57.8 Å². The van der Waals surface area contributed by atoms with E-state index < -0.39 is 23.6 Å². The standard InChI is InChI=1S/C23H33FN6O3/c1-23(2,3)20(22(33)29-12-16(31)11-19(29)21(32)26-5)30-13-18(27-28-30)17(25-4)10-14-6-8-15(24)9-7-14/h6-9,13,16-17,19-20,25,31H,10-12H2,1-5H3,(H,26,32)/t16-,17?,19+,20+/m0/s1. The molecule has 1 unspecified atom stereocenters. The number of hydrogen-bond donors (Lipinski definition) is 3. The fourth-order valence-corrected chi connectivity index (χ4v) is 4.30. The number of halogens is 1. The van der Waals surface area contributed by atoms with Crippen LogP contribution in [-0.2, 0) is 16.0 Å². The number of carbonyl (C=O) groups is 2. The molecular weight excluding hydrogens is 427 g/mol. The Morgan fingerprint density at radius 3 is 2.48 bits per heavy atom. The SMILES string of the molecule is CNC(=O)[C@H]1C[C@H](O)CN1C(=O)[C@@H](n1cc(C(Cc2ccc(F)cc2)NC)nn1)C(C)(C)C. The molecule has 0 saturated carbocycles. The average Bonchev–Trinajstić information content (AvgIpc) is 3.38. The van der Waals surface area contributed by atoms with Crippen molar-refractivity contribution in [3.05, 3.63) is 47.5 Å². The quantitative estimate of drug-likeness (QED) is 0.573. The molecule has 1 saturated heterocycles. The highest BCUT2D eigenvalue weighted by Crippen LogP contribution is 2.34. The largest absolute Gasteiger partial charge is 0.391 e. The summed E-state index contributed by atoms with van der Waals surface area (Å²) in [5, 5.41) is 24.5. The van der Waals surface area contributed by atoms with Crippen LogP contribution in [0.3, 0.4) is 0 Å². The maximum Gasteiger partial charge on any atom is 0.248 e. The second kappa shape index (κ2) is 9.96. The summed E-state index contributed by atoms with van der Waals surface area (Å²) in [6.45, 7) is 5.86. The van der Waals surface area contributed by atoms with Gasteiger partial charge in [-0.05, 0) is 36.6 Å². The van der Waals surface area contributed by atoms with Crippen molar-refractivity contribution in [2.24, 2.45) is 5.41 Å². The molecule has 2 aromatic rings. The number of likely N-dealkylation sites (tertiary alicyclic amines) is 1. The van der Waals surface area contributed by atoms with Crippen LogP contribution in [0.5, 0.6) is 0 Å². The van der Waals surface area contributed by atoms with Gasteiger partial charge < -0.3 is 20.6 Å². The first-order valence-corrected chi connectivity index (χ1v) is 11.1. The fourth-order valence-electron chi connectivity index (χ4n) is 4.30. The Labute approximate surface area is 193 Å². The van der Waals surface area contributed by atoms with Gasteiger partial charge in [0.2, 0.25) is 11.8 Å². The zero-order valence-corrected chi connectivity index (χ0v) is 19.7. The van der Waals surface area contributed by atoms with Gasteiger partial charge in [-0.15, -0.1) is 5.10 Å². The third-order valence-electron chi connectivity index (χ3n) is 6.02. The molecule has 2 amide bonds. The molecule has 3 rings (SSSR count). The first-order valence-electron chi connectivity index (χ1n) is 11.1. The minimum atomic E-state index is -0.757. The molecule has 1 aromatic carbocycles. The van der Waals surface area contributed by atoms with Crippen LogP contribution in [-0.4, -0.2) is 69.6 Å². The number of rotatable bonds is 7. The first-order chi connectivity index (χ1) is 15.5. The van der Waals surface area contributed by atoms with Gasteiger partial charge in [0.1, 0.15) is 17.9 Å². The van der Waals surface area contributed by atoms with Crippen LogP contribution in [0.25, 0.3) is 0 Å². The van der Waals surface area contributed by atoms with E-state index in [0.717, 1.165) is 5.56 Å². The molecule has 4 atom stereocenters. The molecule has 1 fully saturated rings. The number of aromatic nitrogens is 3. The third kappa shape index (κ3) is 5.56. The lowest BCUT2D eigenvalue weighted by Gasteiger charge is -2.34. The van der Waals surface area contributed by atoms with Crippen LogP contribution in [0.15, 0.2) is 30.5 Å². The highest BCUT2D eigenvalue weighted by Gasteiger charge is 2.45. The molecule has 1 aliphatic heterocycles. The summed E-state index contributed by atoms with van der Waals surface area (Å²) in [4.78, 5) is 27.4. The molecule has 3 N–H and O–H groups in total. The number of β-amino-alcohol motifs (C(OH)–C–C–N with tert-alkyl or cyclic N) is 1. The zero-order chi connectivity index (χ0) is 24.3. The minimum absolute atomic E-state index is 0.0920. The summed E-state index contributed by atoms with van der Waals surface area (Å²) in [6.07, 6.45) is 1.75. The Bertz CT molecular complexity index is 971. The topological polar surface area (TPSA) is 112 Å². The fraction of sp³-hybridized carbons (Fsp3) is 0.565. The lowest BCUT2D eigenvalue weighted by atomic mass is 9.85. The van der Waals surface area contributed by atoms with Crippen LogP contribution < -0.4 is 10.6 Å². The van der Waals surface area contributed by atoms with Gasteiger partial charge in [-0.25, -0.2) is 9.07 Å². The third-order valence-corrected chi connectivity index (χ3v) is 6.02.